The number of aromatic nitrogens is 1. The summed E-state index contributed by atoms with van der Waals surface area (Å²) in [4.78, 5) is 4.96. The van der Waals surface area contributed by atoms with Crippen LogP contribution in [0.1, 0.15) is 10.6 Å². The zero-order valence-electron chi connectivity index (χ0n) is 6.95. The zero-order valence-corrected chi connectivity index (χ0v) is 10.2. The van der Waals surface area contributed by atoms with Gasteiger partial charge in [0.1, 0.15) is 4.66 Å². The Kier molecular flexibility index (Phi) is 3.84. The average molecular weight is 285 g/mol. The average Bonchev–Trinajstić information content (AvgIpc) is 2.48. The molecule has 0 aliphatic heterocycles. The molecule has 4 nitrogen and oxygen atoms in total. The fourth-order valence-electron chi connectivity index (χ4n) is 0.710. The quantitative estimate of drug-likeness (QED) is 0.846. The van der Waals surface area contributed by atoms with E-state index in [1.54, 1.807) is 5.51 Å². The minimum Gasteiger partial charge on any atom is -0.250 e. The fraction of sp³-hybridized carbons (Fsp3) is 0.500. The van der Waals surface area contributed by atoms with Crippen molar-refractivity contribution >= 4 is 37.3 Å². The first-order chi connectivity index (χ1) is 6.05. The van der Waals surface area contributed by atoms with Crippen LogP contribution in [0.15, 0.2) is 5.51 Å². The van der Waals surface area contributed by atoms with Crippen molar-refractivity contribution in [3.8, 4) is 0 Å². The molecule has 1 aromatic rings. The highest BCUT2D eigenvalue weighted by Crippen LogP contribution is 2.11. The molecule has 1 rings (SSSR count). The summed E-state index contributed by atoms with van der Waals surface area (Å²) in [5.74, 6) is 0. The zero-order chi connectivity index (χ0) is 9.90. The molecule has 0 aromatic carbocycles. The van der Waals surface area contributed by atoms with E-state index >= 15 is 0 Å². The third kappa shape index (κ3) is 3.34. The third-order valence-electron chi connectivity index (χ3n) is 1.44. The number of sulfonamides is 1. The summed E-state index contributed by atoms with van der Waals surface area (Å²) >= 11 is 4.34. The molecule has 1 heterocycles. The highest BCUT2D eigenvalue weighted by atomic mass is 79.9. The fourth-order valence-corrected chi connectivity index (χ4v) is 2.45. The maximum atomic E-state index is 11.0. The molecule has 0 aliphatic rings. The van der Waals surface area contributed by atoms with E-state index in [1.165, 1.54) is 11.3 Å². The number of rotatable bonds is 4. The molecule has 0 atom stereocenters. The molecule has 0 bridgehead atoms. The van der Waals surface area contributed by atoms with Crippen LogP contribution in [0.4, 0.5) is 0 Å². The van der Waals surface area contributed by atoms with E-state index < -0.39 is 10.0 Å². The van der Waals surface area contributed by atoms with Crippen molar-refractivity contribution in [3.05, 3.63) is 16.1 Å². The van der Waals surface area contributed by atoms with Crippen LogP contribution in [0.5, 0.6) is 0 Å². The number of thiazole rings is 1. The molecule has 0 fully saturated rings. The lowest BCUT2D eigenvalue weighted by atomic mass is 10.4. The van der Waals surface area contributed by atoms with Gasteiger partial charge in [-0.05, 0) is 6.92 Å². The summed E-state index contributed by atoms with van der Waals surface area (Å²) in [6.45, 7) is 2.18. The van der Waals surface area contributed by atoms with Gasteiger partial charge in [-0.15, -0.1) is 11.3 Å². The Hall–Kier alpha value is 0.0200. The lowest BCUT2D eigenvalue weighted by Gasteiger charge is -2.01. The van der Waals surface area contributed by atoms with Crippen LogP contribution in [0, 0.1) is 6.92 Å². The standard InChI is InChI=1S/C6H9BrN2O2S2/c1-5-6(12-4-8-5)2-9-13(10,11)3-7/h4,9H,2-3H2,1H3. The highest BCUT2D eigenvalue weighted by molar-refractivity contribution is 9.10. The Balaban J connectivity index is 2.58. The topological polar surface area (TPSA) is 59.1 Å². The number of halogens is 1. The molecular weight excluding hydrogens is 276 g/mol. The second-order valence-corrected chi connectivity index (χ2v) is 6.46. The Morgan fingerprint density at radius 3 is 2.85 bits per heavy atom. The van der Waals surface area contributed by atoms with Crippen LogP contribution in [0.25, 0.3) is 0 Å². The van der Waals surface area contributed by atoms with Crippen molar-refractivity contribution in [1.82, 2.24) is 9.71 Å². The van der Waals surface area contributed by atoms with Gasteiger partial charge in [0.2, 0.25) is 10.0 Å². The molecule has 0 unspecified atom stereocenters. The Labute approximate surface area is 89.6 Å². The van der Waals surface area contributed by atoms with Gasteiger partial charge < -0.3 is 0 Å². The molecule has 13 heavy (non-hydrogen) atoms. The van der Waals surface area contributed by atoms with Gasteiger partial charge in [-0.1, -0.05) is 15.9 Å². The van der Waals surface area contributed by atoms with E-state index in [2.05, 4.69) is 25.6 Å². The number of nitrogens with one attached hydrogen (secondary N) is 1. The van der Waals surface area contributed by atoms with Gasteiger partial charge in [0, 0.05) is 11.4 Å². The number of hydrogen-bond acceptors (Lipinski definition) is 4. The predicted molar refractivity (Wildman–Crippen MR) is 56.4 cm³/mol. The molecule has 0 saturated heterocycles. The number of hydrogen-bond donors (Lipinski definition) is 1. The van der Waals surface area contributed by atoms with Crippen LogP contribution in [0.2, 0.25) is 0 Å². The number of alkyl halides is 1. The van der Waals surface area contributed by atoms with Crippen molar-refractivity contribution in [2.45, 2.75) is 13.5 Å². The number of nitrogens with zero attached hydrogens (tertiary/aromatic N) is 1. The van der Waals surface area contributed by atoms with E-state index in [0.717, 1.165) is 10.6 Å². The SMILES string of the molecule is Cc1ncsc1CNS(=O)(=O)CBr. The summed E-state index contributed by atoms with van der Waals surface area (Å²) in [5, 5.41) is 0. The van der Waals surface area contributed by atoms with Crippen molar-refractivity contribution in [2.24, 2.45) is 0 Å². The lowest BCUT2D eigenvalue weighted by molar-refractivity contribution is 0.587. The second kappa shape index (κ2) is 4.50. The summed E-state index contributed by atoms with van der Waals surface area (Å²) in [6, 6.07) is 0. The van der Waals surface area contributed by atoms with Crippen molar-refractivity contribution in [3.63, 3.8) is 0 Å². The minimum absolute atomic E-state index is 0.0716. The molecule has 1 N–H and O–H groups in total. The summed E-state index contributed by atoms with van der Waals surface area (Å²) < 4.78 is 24.4. The summed E-state index contributed by atoms with van der Waals surface area (Å²) in [6.07, 6.45) is 0. The van der Waals surface area contributed by atoms with Gasteiger partial charge >= 0.3 is 0 Å². The minimum atomic E-state index is -3.17. The Morgan fingerprint density at radius 2 is 2.38 bits per heavy atom. The first-order valence-electron chi connectivity index (χ1n) is 3.47. The maximum absolute atomic E-state index is 11.0. The van der Waals surface area contributed by atoms with Crippen molar-refractivity contribution < 1.29 is 8.42 Å². The second-order valence-electron chi connectivity index (χ2n) is 2.41. The van der Waals surface area contributed by atoms with Crippen LogP contribution >= 0.6 is 27.3 Å². The van der Waals surface area contributed by atoms with Gasteiger partial charge in [0.25, 0.3) is 0 Å². The van der Waals surface area contributed by atoms with E-state index in [9.17, 15) is 8.42 Å². The van der Waals surface area contributed by atoms with Gasteiger partial charge in [-0.3, -0.25) is 0 Å². The maximum Gasteiger partial charge on any atom is 0.221 e. The first kappa shape index (κ1) is 11.1. The van der Waals surface area contributed by atoms with E-state index in [-0.39, 0.29) is 4.66 Å². The van der Waals surface area contributed by atoms with E-state index in [1.807, 2.05) is 6.92 Å². The monoisotopic (exact) mass is 284 g/mol. The lowest BCUT2D eigenvalue weighted by Crippen LogP contribution is -2.23. The largest absolute Gasteiger partial charge is 0.250 e. The summed E-state index contributed by atoms with van der Waals surface area (Å²) in [5.41, 5.74) is 2.58. The predicted octanol–water partition coefficient (Wildman–Crippen LogP) is 1.22. The Bertz CT molecular complexity index is 374. The van der Waals surface area contributed by atoms with Crippen molar-refractivity contribution in [1.29, 1.82) is 0 Å². The Morgan fingerprint density at radius 1 is 1.69 bits per heavy atom. The van der Waals surface area contributed by atoms with Crippen molar-refractivity contribution in [2.75, 3.05) is 4.66 Å². The van der Waals surface area contributed by atoms with Crippen LogP contribution in [-0.4, -0.2) is 18.1 Å². The van der Waals surface area contributed by atoms with Gasteiger partial charge in [-0.25, -0.2) is 18.1 Å². The van der Waals surface area contributed by atoms with Gasteiger partial charge in [0.15, 0.2) is 0 Å². The molecule has 0 aliphatic carbocycles. The van der Waals surface area contributed by atoms with E-state index in [0.29, 0.717) is 6.54 Å². The third-order valence-corrected chi connectivity index (χ3v) is 5.06. The molecular formula is C6H9BrN2O2S2. The molecule has 0 saturated carbocycles. The smallest absolute Gasteiger partial charge is 0.221 e. The normalized spacial score (nSPS) is 11.8. The van der Waals surface area contributed by atoms with Gasteiger partial charge in [-0.2, -0.15) is 0 Å². The van der Waals surface area contributed by atoms with Crippen LogP contribution < -0.4 is 4.72 Å². The van der Waals surface area contributed by atoms with Gasteiger partial charge in [0.05, 0.1) is 11.2 Å². The molecule has 0 spiro atoms. The van der Waals surface area contributed by atoms with Crippen LogP contribution in [-0.2, 0) is 16.6 Å². The first-order valence-corrected chi connectivity index (χ1v) is 7.13. The highest BCUT2D eigenvalue weighted by Gasteiger charge is 2.08. The van der Waals surface area contributed by atoms with E-state index in [4.69, 9.17) is 0 Å². The number of aryl methyl sites for hydroxylation is 1. The summed E-state index contributed by atoms with van der Waals surface area (Å²) in [7, 11) is -3.17. The molecule has 0 radical (unpaired) electrons. The molecule has 0 amide bonds. The molecule has 1 aromatic heterocycles. The molecule has 74 valence electrons. The molecule has 7 heteroatoms. The van der Waals surface area contributed by atoms with Crippen LogP contribution in [0.3, 0.4) is 0 Å².